The van der Waals surface area contributed by atoms with E-state index in [-0.39, 0.29) is 33.5 Å². The van der Waals surface area contributed by atoms with E-state index in [1.54, 1.807) is 0 Å². The standard InChI is InChI=1S/C25H17ClF5N3O4/c26-18-2-1-13(27)8-16(18)22-21-17(23(37)33-22)9-15(35)10-19(21)34(4-3-20(32)36)24(38)11-5-12(25(29,30)31)7-14(28)6-11/h1-2,5-10,22,35H,3-4H2,(H2,32,36)(H,33,37). The largest absolute Gasteiger partial charge is 0.508 e. The van der Waals surface area contributed by atoms with Crippen LogP contribution in [0.15, 0.2) is 48.5 Å². The molecule has 4 rings (SSSR count). The first-order chi connectivity index (χ1) is 17.8. The molecule has 0 radical (unpaired) electrons. The fourth-order valence-electron chi connectivity index (χ4n) is 4.17. The first-order valence-corrected chi connectivity index (χ1v) is 11.2. The third kappa shape index (κ3) is 5.25. The van der Waals surface area contributed by atoms with Crippen molar-refractivity contribution in [3.8, 4) is 5.75 Å². The molecular weight excluding hydrogens is 537 g/mol. The summed E-state index contributed by atoms with van der Waals surface area (Å²) in [6.07, 6.45) is -5.46. The number of aromatic hydroxyl groups is 1. The molecule has 38 heavy (non-hydrogen) atoms. The topological polar surface area (TPSA) is 113 Å². The third-order valence-electron chi connectivity index (χ3n) is 5.81. The van der Waals surface area contributed by atoms with Crippen LogP contribution in [0.5, 0.6) is 5.75 Å². The number of anilines is 1. The van der Waals surface area contributed by atoms with E-state index in [1.165, 1.54) is 6.07 Å². The van der Waals surface area contributed by atoms with E-state index in [0.717, 1.165) is 29.2 Å². The van der Waals surface area contributed by atoms with Crippen LogP contribution < -0.4 is 16.0 Å². The third-order valence-corrected chi connectivity index (χ3v) is 6.15. The number of benzene rings is 3. The van der Waals surface area contributed by atoms with Gasteiger partial charge >= 0.3 is 6.18 Å². The summed E-state index contributed by atoms with van der Waals surface area (Å²) in [4.78, 5) is 38.6. The second-order valence-corrected chi connectivity index (χ2v) is 8.81. The van der Waals surface area contributed by atoms with Crippen molar-refractivity contribution < 1.29 is 41.4 Å². The SMILES string of the molecule is NC(=O)CCN(C(=O)c1cc(F)cc(C(F)(F)F)c1)c1cc(O)cc2c1C(c1cc(F)ccc1Cl)NC2=O. The fourth-order valence-corrected chi connectivity index (χ4v) is 4.40. The maximum atomic E-state index is 14.1. The highest BCUT2D eigenvalue weighted by Gasteiger charge is 2.38. The zero-order valence-electron chi connectivity index (χ0n) is 19.1. The van der Waals surface area contributed by atoms with Gasteiger partial charge in [-0.15, -0.1) is 0 Å². The average molecular weight is 554 g/mol. The monoisotopic (exact) mass is 553 g/mol. The molecule has 1 atom stereocenters. The number of carbonyl (C=O) groups is 3. The minimum absolute atomic E-state index is 0.0190. The number of carbonyl (C=O) groups excluding carboxylic acids is 3. The number of phenolic OH excluding ortho intramolecular Hbond substituents is 1. The van der Waals surface area contributed by atoms with Gasteiger partial charge in [-0.05, 0) is 42.5 Å². The van der Waals surface area contributed by atoms with Crippen LogP contribution in [-0.2, 0) is 11.0 Å². The van der Waals surface area contributed by atoms with Crippen LogP contribution in [0, 0.1) is 11.6 Å². The van der Waals surface area contributed by atoms with Crippen LogP contribution in [0.3, 0.4) is 0 Å². The number of nitrogens with one attached hydrogen (secondary N) is 1. The van der Waals surface area contributed by atoms with E-state index < -0.39 is 71.4 Å². The Labute approximate surface area is 216 Å². The Morgan fingerprint density at radius 2 is 1.76 bits per heavy atom. The van der Waals surface area contributed by atoms with Gasteiger partial charge in [-0.25, -0.2) is 8.78 Å². The predicted molar refractivity (Wildman–Crippen MR) is 126 cm³/mol. The first-order valence-electron chi connectivity index (χ1n) is 10.9. The molecule has 1 aliphatic rings. The molecule has 3 amide bonds. The van der Waals surface area contributed by atoms with Gasteiger partial charge in [0.05, 0.1) is 22.9 Å². The van der Waals surface area contributed by atoms with E-state index in [2.05, 4.69) is 5.32 Å². The number of primary amides is 1. The molecule has 3 aromatic rings. The summed E-state index contributed by atoms with van der Waals surface area (Å²) in [5, 5.41) is 12.9. The van der Waals surface area contributed by atoms with Gasteiger partial charge in [-0.2, -0.15) is 13.2 Å². The van der Waals surface area contributed by atoms with Crippen molar-refractivity contribution in [2.75, 3.05) is 11.4 Å². The number of halogens is 6. The molecule has 0 aliphatic carbocycles. The Hall–Kier alpha value is -4.19. The van der Waals surface area contributed by atoms with Gasteiger partial charge in [0.1, 0.15) is 17.4 Å². The molecule has 1 aliphatic heterocycles. The van der Waals surface area contributed by atoms with Crippen molar-refractivity contribution in [2.45, 2.75) is 18.6 Å². The Morgan fingerprint density at radius 3 is 2.42 bits per heavy atom. The Bertz CT molecular complexity index is 1480. The Kier molecular flexibility index (Phi) is 7.02. The Balaban J connectivity index is 1.92. The van der Waals surface area contributed by atoms with Gasteiger partial charge in [0.15, 0.2) is 0 Å². The second-order valence-electron chi connectivity index (χ2n) is 8.40. The van der Waals surface area contributed by atoms with Crippen LogP contribution in [0.2, 0.25) is 5.02 Å². The number of alkyl halides is 3. The van der Waals surface area contributed by atoms with Crippen LogP contribution in [-0.4, -0.2) is 29.4 Å². The van der Waals surface area contributed by atoms with Crippen molar-refractivity contribution in [3.63, 3.8) is 0 Å². The molecule has 0 spiro atoms. The number of rotatable bonds is 6. The normalized spacial score (nSPS) is 14.7. The molecule has 0 aromatic heterocycles. The van der Waals surface area contributed by atoms with Crippen molar-refractivity contribution in [2.24, 2.45) is 5.73 Å². The zero-order valence-corrected chi connectivity index (χ0v) is 19.8. The van der Waals surface area contributed by atoms with E-state index >= 15 is 0 Å². The van der Waals surface area contributed by atoms with Crippen molar-refractivity contribution in [1.29, 1.82) is 0 Å². The van der Waals surface area contributed by atoms with Gasteiger partial charge in [0.2, 0.25) is 5.91 Å². The number of fused-ring (bicyclic) bond motifs is 1. The molecule has 0 fully saturated rings. The van der Waals surface area contributed by atoms with Gasteiger partial charge in [-0.3, -0.25) is 14.4 Å². The Morgan fingerprint density at radius 1 is 1.05 bits per heavy atom. The number of amides is 3. The highest BCUT2D eigenvalue weighted by molar-refractivity contribution is 6.31. The molecule has 0 saturated heterocycles. The summed E-state index contributed by atoms with van der Waals surface area (Å²) in [6.45, 7) is -0.514. The zero-order chi connectivity index (χ0) is 27.9. The van der Waals surface area contributed by atoms with Crippen molar-refractivity contribution >= 4 is 35.0 Å². The minimum atomic E-state index is -4.98. The predicted octanol–water partition coefficient (Wildman–Crippen LogP) is 4.70. The fraction of sp³-hybridized carbons (Fsp3) is 0.160. The lowest BCUT2D eigenvalue weighted by atomic mass is 9.95. The number of phenols is 1. The molecule has 1 unspecified atom stereocenters. The summed E-state index contributed by atoms with van der Waals surface area (Å²) < 4.78 is 68.1. The molecule has 1 heterocycles. The molecule has 0 saturated carbocycles. The second kappa shape index (κ2) is 9.93. The van der Waals surface area contributed by atoms with Gasteiger partial charge < -0.3 is 21.1 Å². The van der Waals surface area contributed by atoms with E-state index in [9.17, 15) is 41.4 Å². The molecule has 198 valence electrons. The highest BCUT2D eigenvalue weighted by atomic mass is 35.5. The molecular formula is C25H17ClF5N3O4. The highest BCUT2D eigenvalue weighted by Crippen LogP contribution is 2.43. The molecule has 13 heteroatoms. The lowest BCUT2D eigenvalue weighted by molar-refractivity contribution is -0.137. The summed E-state index contributed by atoms with van der Waals surface area (Å²) >= 11 is 6.24. The van der Waals surface area contributed by atoms with Crippen molar-refractivity contribution in [3.05, 3.63) is 93.0 Å². The van der Waals surface area contributed by atoms with Crippen LogP contribution >= 0.6 is 11.6 Å². The van der Waals surface area contributed by atoms with Crippen LogP contribution in [0.4, 0.5) is 27.6 Å². The van der Waals surface area contributed by atoms with Gasteiger partial charge in [-0.1, -0.05) is 11.6 Å². The summed E-state index contributed by atoms with van der Waals surface area (Å²) in [5.74, 6) is -5.35. The number of hydrogen-bond acceptors (Lipinski definition) is 4. The summed E-state index contributed by atoms with van der Waals surface area (Å²) in [5.41, 5.74) is 2.81. The smallest absolute Gasteiger partial charge is 0.416 e. The summed E-state index contributed by atoms with van der Waals surface area (Å²) in [7, 11) is 0. The first kappa shape index (κ1) is 26.9. The van der Waals surface area contributed by atoms with Gasteiger partial charge in [0, 0.05) is 40.7 Å². The van der Waals surface area contributed by atoms with Crippen LogP contribution in [0.1, 0.15) is 49.9 Å². The molecule has 3 aromatic carbocycles. The van der Waals surface area contributed by atoms with E-state index in [4.69, 9.17) is 17.3 Å². The molecule has 7 nitrogen and oxygen atoms in total. The number of hydrogen-bond donors (Lipinski definition) is 3. The maximum absolute atomic E-state index is 14.1. The number of nitrogens with zero attached hydrogens (tertiary/aromatic N) is 1. The molecule has 4 N–H and O–H groups in total. The quantitative estimate of drug-likeness (QED) is 0.384. The average Bonchev–Trinajstić information content (AvgIpc) is 3.15. The van der Waals surface area contributed by atoms with Crippen molar-refractivity contribution in [1.82, 2.24) is 5.32 Å². The lowest BCUT2D eigenvalue weighted by Gasteiger charge is -2.27. The lowest BCUT2D eigenvalue weighted by Crippen LogP contribution is -2.35. The minimum Gasteiger partial charge on any atom is -0.508 e. The summed E-state index contributed by atoms with van der Waals surface area (Å²) in [6, 6.07) is 5.50. The maximum Gasteiger partial charge on any atom is 0.416 e. The number of nitrogens with two attached hydrogens (primary N) is 1. The van der Waals surface area contributed by atoms with E-state index in [0.29, 0.717) is 12.1 Å². The molecule has 0 bridgehead atoms. The van der Waals surface area contributed by atoms with Gasteiger partial charge in [0.25, 0.3) is 11.8 Å². The van der Waals surface area contributed by atoms with E-state index in [1.807, 2.05) is 0 Å². The van der Waals surface area contributed by atoms with Crippen LogP contribution in [0.25, 0.3) is 0 Å².